The first-order valence-corrected chi connectivity index (χ1v) is 11.3. The fraction of sp³-hybridized carbons (Fsp3) is 0.174. The van der Waals surface area contributed by atoms with Gasteiger partial charge in [0.15, 0.2) is 6.10 Å². The Morgan fingerprint density at radius 1 is 0.939 bits per heavy atom. The van der Waals surface area contributed by atoms with Crippen molar-refractivity contribution in [3.63, 3.8) is 0 Å². The third-order valence-corrected chi connectivity index (χ3v) is 5.94. The molecule has 0 saturated heterocycles. The maximum absolute atomic E-state index is 12.8. The number of amides is 1. The van der Waals surface area contributed by atoms with Gasteiger partial charge in [-0.15, -0.1) is 0 Å². The van der Waals surface area contributed by atoms with Crippen molar-refractivity contribution in [2.75, 3.05) is 10.0 Å². The number of carbonyl (C=O) groups excluding carboxylic acids is 1. The monoisotopic (exact) mass is 478 g/mol. The molecule has 6 nitrogen and oxygen atoms in total. The molecule has 0 aliphatic rings. The van der Waals surface area contributed by atoms with Gasteiger partial charge in [0.1, 0.15) is 5.75 Å². The number of benzene rings is 3. The fourth-order valence-corrected chi connectivity index (χ4v) is 3.93. The highest BCUT2D eigenvalue weighted by Gasteiger charge is 2.30. The Bertz CT molecular complexity index is 1240. The summed E-state index contributed by atoms with van der Waals surface area (Å²) in [5.74, 6) is 0.106. The molecule has 1 amide bonds. The largest absolute Gasteiger partial charge is 0.481 e. The highest BCUT2D eigenvalue weighted by atomic mass is 32.2. The van der Waals surface area contributed by atoms with Crippen LogP contribution in [0.5, 0.6) is 5.75 Å². The number of anilines is 2. The van der Waals surface area contributed by atoms with E-state index in [9.17, 15) is 26.4 Å². The van der Waals surface area contributed by atoms with E-state index in [1.165, 1.54) is 30.3 Å². The molecule has 174 valence electrons. The summed E-state index contributed by atoms with van der Waals surface area (Å²) in [5.41, 5.74) is 0.125. The molecule has 0 aliphatic carbocycles. The van der Waals surface area contributed by atoms with Crippen LogP contribution in [0.4, 0.5) is 24.5 Å². The van der Waals surface area contributed by atoms with Crippen molar-refractivity contribution in [1.82, 2.24) is 0 Å². The van der Waals surface area contributed by atoms with Crippen molar-refractivity contribution >= 4 is 27.3 Å². The number of sulfonamides is 1. The van der Waals surface area contributed by atoms with Gasteiger partial charge in [-0.25, -0.2) is 8.42 Å². The van der Waals surface area contributed by atoms with Crippen LogP contribution in [-0.2, 0) is 21.0 Å². The van der Waals surface area contributed by atoms with Gasteiger partial charge in [0, 0.05) is 11.4 Å². The molecule has 0 aromatic heterocycles. The smallest absolute Gasteiger partial charge is 0.416 e. The van der Waals surface area contributed by atoms with Crippen molar-refractivity contribution < 1.29 is 31.1 Å². The Kier molecular flexibility index (Phi) is 6.97. The lowest BCUT2D eigenvalue weighted by Gasteiger charge is -2.15. The summed E-state index contributed by atoms with van der Waals surface area (Å²) in [6.45, 7) is 3.48. The van der Waals surface area contributed by atoms with E-state index in [2.05, 4.69) is 10.0 Å². The van der Waals surface area contributed by atoms with Crippen LogP contribution in [0.3, 0.4) is 0 Å². The maximum Gasteiger partial charge on any atom is 0.416 e. The summed E-state index contributed by atoms with van der Waals surface area (Å²) < 4.78 is 71.3. The van der Waals surface area contributed by atoms with Crippen LogP contribution in [0.1, 0.15) is 18.1 Å². The second-order valence-electron chi connectivity index (χ2n) is 7.27. The summed E-state index contributed by atoms with van der Waals surface area (Å²) in [5, 5.41) is 2.62. The Morgan fingerprint density at radius 2 is 1.61 bits per heavy atom. The molecule has 0 aliphatic heterocycles. The van der Waals surface area contributed by atoms with E-state index < -0.39 is 33.8 Å². The van der Waals surface area contributed by atoms with Gasteiger partial charge in [-0.1, -0.05) is 18.2 Å². The van der Waals surface area contributed by atoms with Crippen LogP contribution >= 0.6 is 0 Å². The van der Waals surface area contributed by atoms with Gasteiger partial charge in [0.05, 0.1) is 10.5 Å². The first kappa shape index (κ1) is 24.1. The number of carbonyl (C=O) groups is 1. The highest BCUT2D eigenvalue weighted by molar-refractivity contribution is 7.92. The summed E-state index contributed by atoms with van der Waals surface area (Å²) >= 11 is 0. The van der Waals surface area contributed by atoms with Gasteiger partial charge in [-0.3, -0.25) is 9.52 Å². The van der Waals surface area contributed by atoms with Gasteiger partial charge in [-0.2, -0.15) is 13.2 Å². The number of hydrogen-bond acceptors (Lipinski definition) is 4. The molecule has 1 atom stereocenters. The molecule has 1 unspecified atom stereocenters. The predicted molar refractivity (Wildman–Crippen MR) is 119 cm³/mol. The van der Waals surface area contributed by atoms with Crippen LogP contribution in [0.15, 0.2) is 77.7 Å². The SMILES string of the molecule is Cc1cccc(OC(C)C(=O)Nc2ccc(S(=O)(=O)Nc3cccc(C(F)(F)F)c3)cc2)c1. The zero-order valence-corrected chi connectivity index (χ0v) is 18.5. The molecule has 0 spiro atoms. The van der Waals surface area contributed by atoms with Crippen LogP contribution in [0.2, 0.25) is 0 Å². The van der Waals surface area contributed by atoms with E-state index in [0.717, 1.165) is 17.7 Å². The predicted octanol–water partition coefficient (Wildman–Crippen LogP) is 5.22. The molecule has 2 N–H and O–H groups in total. The van der Waals surface area contributed by atoms with Gasteiger partial charge in [-0.05, 0) is 74.0 Å². The Hall–Kier alpha value is -3.53. The van der Waals surface area contributed by atoms with Gasteiger partial charge in [0.2, 0.25) is 0 Å². The fourth-order valence-electron chi connectivity index (χ4n) is 2.88. The molecule has 0 saturated carbocycles. The van der Waals surface area contributed by atoms with Crippen molar-refractivity contribution in [1.29, 1.82) is 0 Å². The summed E-state index contributed by atoms with van der Waals surface area (Å²) in [6.07, 6.45) is -5.40. The minimum Gasteiger partial charge on any atom is -0.481 e. The Labute approximate surface area is 189 Å². The van der Waals surface area contributed by atoms with Crippen LogP contribution in [0, 0.1) is 6.92 Å². The second-order valence-corrected chi connectivity index (χ2v) is 8.96. The second kappa shape index (κ2) is 9.53. The Balaban J connectivity index is 1.66. The number of alkyl halides is 3. The highest BCUT2D eigenvalue weighted by Crippen LogP contribution is 2.31. The molecule has 33 heavy (non-hydrogen) atoms. The molecule has 3 aromatic rings. The summed E-state index contributed by atoms with van der Waals surface area (Å²) in [7, 11) is -4.14. The van der Waals surface area contributed by atoms with Crippen molar-refractivity contribution in [2.24, 2.45) is 0 Å². The van der Waals surface area contributed by atoms with E-state index in [1.54, 1.807) is 19.1 Å². The van der Waals surface area contributed by atoms with E-state index in [4.69, 9.17) is 4.74 Å². The van der Waals surface area contributed by atoms with E-state index >= 15 is 0 Å². The minimum atomic E-state index is -4.60. The van der Waals surface area contributed by atoms with Gasteiger partial charge < -0.3 is 10.1 Å². The first-order valence-electron chi connectivity index (χ1n) is 9.78. The first-order chi connectivity index (χ1) is 15.4. The average molecular weight is 478 g/mol. The van der Waals surface area contributed by atoms with Crippen LogP contribution < -0.4 is 14.8 Å². The lowest BCUT2D eigenvalue weighted by molar-refractivity contribution is -0.137. The maximum atomic E-state index is 12.8. The molecule has 0 bridgehead atoms. The zero-order valence-electron chi connectivity index (χ0n) is 17.7. The molecule has 0 heterocycles. The van der Waals surface area contributed by atoms with E-state index in [-0.39, 0.29) is 10.6 Å². The molecule has 10 heteroatoms. The van der Waals surface area contributed by atoms with Crippen molar-refractivity contribution in [2.45, 2.75) is 31.0 Å². The minimum absolute atomic E-state index is 0.179. The summed E-state index contributed by atoms with van der Waals surface area (Å²) in [6, 6.07) is 16.3. The molecule has 0 fully saturated rings. The van der Waals surface area contributed by atoms with Crippen molar-refractivity contribution in [3.8, 4) is 5.75 Å². The topological polar surface area (TPSA) is 84.5 Å². The zero-order chi connectivity index (χ0) is 24.2. The number of nitrogens with one attached hydrogen (secondary N) is 2. The van der Waals surface area contributed by atoms with Gasteiger partial charge in [0.25, 0.3) is 15.9 Å². The molecule has 3 rings (SSSR count). The van der Waals surface area contributed by atoms with E-state index in [0.29, 0.717) is 17.5 Å². The number of halogens is 3. The van der Waals surface area contributed by atoms with Crippen LogP contribution in [-0.4, -0.2) is 20.4 Å². The lowest BCUT2D eigenvalue weighted by Crippen LogP contribution is -2.30. The molecular formula is C23H21F3N2O4S. The van der Waals surface area contributed by atoms with Gasteiger partial charge >= 0.3 is 6.18 Å². The average Bonchev–Trinajstić information content (AvgIpc) is 2.73. The normalized spacial score (nSPS) is 12.6. The Morgan fingerprint density at radius 3 is 2.24 bits per heavy atom. The number of aryl methyl sites for hydroxylation is 1. The van der Waals surface area contributed by atoms with E-state index in [1.807, 2.05) is 19.1 Å². The number of rotatable bonds is 7. The van der Waals surface area contributed by atoms with Crippen LogP contribution in [0.25, 0.3) is 0 Å². The third kappa shape index (κ3) is 6.48. The standard InChI is InChI=1S/C23H21F3N2O4S/c1-15-5-3-8-20(13-15)32-16(2)22(29)27-18-9-11-21(12-10-18)33(30,31)28-19-7-4-6-17(14-19)23(24,25)26/h3-14,16,28H,1-2H3,(H,27,29). The number of hydrogen-bond donors (Lipinski definition) is 2. The summed E-state index contributed by atoms with van der Waals surface area (Å²) in [4.78, 5) is 12.2. The third-order valence-electron chi connectivity index (χ3n) is 4.55. The molecular weight excluding hydrogens is 457 g/mol. The molecule has 3 aromatic carbocycles. The van der Waals surface area contributed by atoms with Crippen molar-refractivity contribution in [3.05, 3.63) is 83.9 Å². The number of ether oxygens (including phenoxy) is 1. The lowest BCUT2D eigenvalue weighted by atomic mass is 10.2. The molecule has 0 radical (unpaired) electrons. The quantitative estimate of drug-likeness (QED) is 0.488.